The van der Waals surface area contributed by atoms with Crippen molar-refractivity contribution in [3.05, 3.63) is 24.4 Å². The number of anilines is 1. The molecule has 2 aliphatic rings. The monoisotopic (exact) mass is 244 g/mol. The first-order valence-electron chi connectivity index (χ1n) is 5.98. The Kier molecular flexibility index (Phi) is 1.74. The number of ether oxygens (including phenoxy) is 2. The van der Waals surface area contributed by atoms with Crippen LogP contribution >= 0.6 is 0 Å². The molecule has 1 saturated carbocycles. The van der Waals surface area contributed by atoms with E-state index in [1.54, 1.807) is 6.20 Å². The summed E-state index contributed by atoms with van der Waals surface area (Å²) in [6.45, 7) is 0. The minimum absolute atomic E-state index is 0.312. The van der Waals surface area contributed by atoms with Crippen molar-refractivity contribution >= 4 is 5.88 Å². The molecule has 0 amide bonds. The fourth-order valence-electron chi connectivity index (χ4n) is 2.40. The first-order chi connectivity index (χ1) is 8.76. The van der Waals surface area contributed by atoms with Gasteiger partial charge in [-0.1, -0.05) is 11.2 Å². The van der Waals surface area contributed by atoms with E-state index < -0.39 is 5.79 Å². The summed E-state index contributed by atoms with van der Waals surface area (Å²) in [5.74, 6) is 1.48. The molecule has 0 unspecified atom stereocenters. The molecule has 1 aliphatic carbocycles. The van der Waals surface area contributed by atoms with Crippen molar-refractivity contribution < 1.29 is 14.0 Å². The third-order valence-electron chi connectivity index (χ3n) is 3.56. The second-order valence-electron chi connectivity index (χ2n) is 4.73. The number of aromatic nitrogens is 1. The van der Waals surface area contributed by atoms with Crippen molar-refractivity contribution in [1.29, 1.82) is 0 Å². The molecule has 18 heavy (non-hydrogen) atoms. The van der Waals surface area contributed by atoms with Crippen LogP contribution in [0.3, 0.4) is 0 Å². The highest BCUT2D eigenvalue weighted by molar-refractivity contribution is 5.74. The van der Waals surface area contributed by atoms with E-state index in [2.05, 4.69) is 5.16 Å². The third-order valence-corrected chi connectivity index (χ3v) is 3.56. The highest BCUT2D eigenvalue weighted by atomic mass is 16.7. The third kappa shape index (κ3) is 1.24. The number of hydrogen-bond acceptors (Lipinski definition) is 5. The quantitative estimate of drug-likeness (QED) is 0.834. The van der Waals surface area contributed by atoms with Crippen LogP contribution in [-0.4, -0.2) is 10.9 Å². The van der Waals surface area contributed by atoms with Crippen molar-refractivity contribution in [1.82, 2.24) is 5.16 Å². The van der Waals surface area contributed by atoms with Gasteiger partial charge in [-0.05, 0) is 24.1 Å². The van der Waals surface area contributed by atoms with E-state index in [0.29, 0.717) is 5.88 Å². The van der Waals surface area contributed by atoms with E-state index in [-0.39, 0.29) is 0 Å². The summed E-state index contributed by atoms with van der Waals surface area (Å²) in [6.07, 6.45) is 4.66. The molecule has 92 valence electrons. The molecule has 1 fully saturated rings. The van der Waals surface area contributed by atoms with E-state index >= 15 is 0 Å². The normalized spacial score (nSPS) is 18.9. The SMILES string of the molecule is Nc1oncc1-c1ccc2c(c1)OC1(CCC1)O2. The molecule has 2 aromatic rings. The largest absolute Gasteiger partial charge is 0.448 e. The number of nitrogens with two attached hydrogens (primary N) is 1. The average molecular weight is 244 g/mol. The van der Waals surface area contributed by atoms with Crippen LogP contribution in [0.1, 0.15) is 19.3 Å². The first kappa shape index (κ1) is 9.82. The van der Waals surface area contributed by atoms with Gasteiger partial charge < -0.3 is 19.7 Å². The molecule has 0 bridgehead atoms. The van der Waals surface area contributed by atoms with Crippen LogP contribution in [0.5, 0.6) is 11.5 Å². The molecule has 4 rings (SSSR count). The molecule has 2 heterocycles. The first-order valence-corrected chi connectivity index (χ1v) is 5.98. The molecular weight excluding hydrogens is 232 g/mol. The number of benzene rings is 1. The lowest BCUT2D eigenvalue weighted by molar-refractivity contribution is -0.138. The molecule has 5 heteroatoms. The van der Waals surface area contributed by atoms with Gasteiger partial charge in [0.15, 0.2) is 11.5 Å². The Bertz CT molecular complexity index is 616. The lowest BCUT2D eigenvalue weighted by atomic mass is 9.91. The molecule has 5 nitrogen and oxygen atoms in total. The standard InChI is InChI=1S/C13H12N2O3/c14-12-9(7-15-18-12)8-2-3-10-11(6-8)17-13(16-10)4-1-5-13/h2-3,6-7H,1,4-5,14H2. The zero-order valence-corrected chi connectivity index (χ0v) is 9.68. The van der Waals surface area contributed by atoms with E-state index in [4.69, 9.17) is 19.7 Å². The van der Waals surface area contributed by atoms with Gasteiger partial charge in [-0.25, -0.2) is 0 Å². The predicted octanol–water partition coefficient (Wildman–Crippen LogP) is 2.58. The van der Waals surface area contributed by atoms with Gasteiger partial charge in [0, 0.05) is 12.8 Å². The molecule has 1 spiro atoms. The fourth-order valence-corrected chi connectivity index (χ4v) is 2.40. The maximum absolute atomic E-state index is 5.89. The Balaban J connectivity index is 1.74. The predicted molar refractivity (Wildman–Crippen MR) is 64.2 cm³/mol. The molecule has 0 atom stereocenters. The second-order valence-corrected chi connectivity index (χ2v) is 4.73. The summed E-state index contributed by atoms with van der Waals surface area (Å²) in [6, 6.07) is 5.76. The number of rotatable bonds is 1. The van der Waals surface area contributed by atoms with Crippen molar-refractivity contribution in [2.75, 3.05) is 5.73 Å². The van der Waals surface area contributed by atoms with Crippen LogP contribution in [0, 0.1) is 0 Å². The summed E-state index contributed by atoms with van der Waals surface area (Å²) in [7, 11) is 0. The van der Waals surface area contributed by atoms with Crippen LogP contribution in [-0.2, 0) is 0 Å². The van der Waals surface area contributed by atoms with Crippen LogP contribution in [0.2, 0.25) is 0 Å². The molecular formula is C13H12N2O3. The molecule has 0 radical (unpaired) electrons. The summed E-state index contributed by atoms with van der Waals surface area (Å²) in [5, 5.41) is 3.68. The van der Waals surface area contributed by atoms with Gasteiger partial charge in [0.05, 0.1) is 11.8 Å². The van der Waals surface area contributed by atoms with Crippen molar-refractivity contribution in [3.8, 4) is 22.6 Å². The Labute approximate surface area is 103 Å². The molecule has 1 aliphatic heterocycles. The van der Waals surface area contributed by atoms with Gasteiger partial charge in [-0.3, -0.25) is 0 Å². The van der Waals surface area contributed by atoms with Gasteiger partial charge >= 0.3 is 0 Å². The highest BCUT2D eigenvalue weighted by Gasteiger charge is 2.47. The smallest absolute Gasteiger partial charge is 0.251 e. The number of fused-ring (bicyclic) bond motifs is 1. The van der Waals surface area contributed by atoms with Gasteiger partial charge in [0.1, 0.15) is 0 Å². The summed E-state index contributed by atoms with van der Waals surface area (Å²) in [5.41, 5.74) is 7.40. The Morgan fingerprint density at radius 2 is 2.00 bits per heavy atom. The van der Waals surface area contributed by atoms with Gasteiger partial charge in [0.25, 0.3) is 5.79 Å². The van der Waals surface area contributed by atoms with E-state index in [9.17, 15) is 0 Å². The summed E-state index contributed by atoms with van der Waals surface area (Å²) < 4.78 is 16.6. The lowest BCUT2D eigenvalue weighted by Crippen LogP contribution is -2.45. The highest BCUT2D eigenvalue weighted by Crippen LogP contribution is 2.49. The molecule has 1 aromatic carbocycles. The van der Waals surface area contributed by atoms with Crippen LogP contribution in [0.25, 0.3) is 11.1 Å². The molecule has 0 saturated heterocycles. The lowest BCUT2D eigenvalue weighted by Gasteiger charge is -2.35. The van der Waals surface area contributed by atoms with Crippen molar-refractivity contribution in [3.63, 3.8) is 0 Å². The van der Waals surface area contributed by atoms with E-state index in [0.717, 1.165) is 41.9 Å². The molecule has 2 N–H and O–H groups in total. The minimum Gasteiger partial charge on any atom is -0.448 e. The maximum atomic E-state index is 5.89. The fraction of sp³-hybridized carbons (Fsp3) is 0.308. The maximum Gasteiger partial charge on any atom is 0.251 e. The van der Waals surface area contributed by atoms with Crippen molar-refractivity contribution in [2.45, 2.75) is 25.0 Å². The zero-order valence-electron chi connectivity index (χ0n) is 9.68. The molecule has 1 aromatic heterocycles. The van der Waals surface area contributed by atoms with Crippen molar-refractivity contribution in [2.24, 2.45) is 0 Å². The van der Waals surface area contributed by atoms with E-state index in [1.165, 1.54) is 0 Å². The van der Waals surface area contributed by atoms with Gasteiger partial charge in [-0.2, -0.15) is 0 Å². The Hall–Kier alpha value is -2.17. The van der Waals surface area contributed by atoms with Crippen LogP contribution < -0.4 is 15.2 Å². The number of nitrogen functional groups attached to an aromatic ring is 1. The zero-order chi connectivity index (χ0) is 12.2. The second kappa shape index (κ2) is 3.19. The average Bonchev–Trinajstić information content (AvgIpc) is 2.90. The minimum atomic E-state index is -0.402. The van der Waals surface area contributed by atoms with E-state index in [1.807, 2.05) is 18.2 Å². The van der Waals surface area contributed by atoms with Crippen LogP contribution in [0.4, 0.5) is 5.88 Å². The van der Waals surface area contributed by atoms with Crippen LogP contribution in [0.15, 0.2) is 28.9 Å². The van der Waals surface area contributed by atoms with Gasteiger partial charge in [-0.15, -0.1) is 0 Å². The topological polar surface area (TPSA) is 70.5 Å². The number of hydrogen-bond donors (Lipinski definition) is 1. The Morgan fingerprint density at radius 1 is 1.17 bits per heavy atom. The summed E-state index contributed by atoms with van der Waals surface area (Å²) >= 11 is 0. The Morgan fingerprint density at radius 3 is 2.67 bits per heavy atom. The number of nitrogens with zero attached hydrogens (tertiary/aromatic N) is 1. The van der Waals surface area contributed by atoms with Gasteiger partial charge in [0.2, 0.25) is 5.88 Å². The summed E-state index contributed by atoms with van der Waals surface area (Å²) in [4.78, 5) is 0.